The van der Waals surface area contributed by atoms with E-state index in [1.54, 1.807) is 6.07 Å². The Balaban J connectivity index is 1.91. The maximum atomic E-state index is 13.8. The van der Waals surface area contributed by atoms with Gasteiger partial charge >= 0.3 is 5.69 Å². The molecule has 1 aromatic carbocycles. The summed E-state index contributed by atoms with van der Waals surface area (Å²) in [5.41, 5.74) is 0.676. The predicted octanol–water partition coefficient (Wildman–Crippen LogP) is 2.48. The van der Waals surface area contributed by atoms with Crippen LogP contribution in [0.4, 0.5) is 27.3 Å². The Kier molecular flexibility index (Phi) is 4.11. The summed E-state index contributed by atoms with van der Waals surface area (Å²) < 4.78 is 13.8. The Morgan fingerprint density at radius 2 is 2.13 bits per heavy atom. The molecule has 0 aliphatic heterocycles. The van der Waals surface area contributed by atoms with Gasteiger partial charge < -0.3 is 15.7 Å². The highest BCUT2D eigenvalue weighted by Crippen LogP contribution is 2.40. The zero-order chi connectivity index (χ0) is 16.4. The summed E-state index contributed by atoms with van der Waals surface area (Å²) in [6.45, 7) is -0.140. The number of H-pyrrole nitrogens is 1. The zero-order valence-corrected chi connectivity index (χ0v) is 12.2. The van der Waals surface area contributed by atoms with Gasteiger partial charge in [-0.05, 0) is 12.8 Å². The molecule has 8 nitrogen and oxygen atoms in total. The third-order valence-electron chi connectivity index (χ3n) is 3.56. The highest BCUT2D eigenvalue weighted by atomic mass is 19.1. The van der Waals surface area contributed by atoms with Crippen molar-refractivity contribution in [2.24, 2.45) is 0 Å². The number of aromatic nitrogens is 2. The molecule has 4 N–H and O–H groups in total. The lowest BCUT2D eigenvalue weighted by Crippen LogP contribution is -2.09. The number of hydrogen-bond acceptors (Lipinski definition) is 6. The van der Waals surface area contributed by atoms with Crippen molar-refractivity contribution in [1.29, 1.82) is 0 Å². The lowest BCUT2D eigenvalue weighted by atomic mass is 10.2. The number of nitrogens with one attached hydrogen (secondary N) is 3. The van der Waals surface area contributed by atoms with Crippen LogP contribution >= 0.6 is 0 Å². The molecular formula is C14H16FN5O3. The first kappa shape index (κ1) is 15.2. The summed E-state index contributed by atoms with van der Waals surface area (Å²) in [4.78, 5) is 10.7. The number of nitrogens with zero attached hydrogens (tertiary/aromatic N) is 2. The first-order valence-corrected chi connectivity index (χ1v) is 7.23. The van der Waals surface area contributed by atoms with Crippen molar-refractivity contribution >= 4 is 22.9 Å². The second kappa shape index (κ2) is 6.21. The van der Waals surface area contributed by atoms with Gasteiger partial charge in [0.25, 0.3) is 0 Å². The first-order valence-electron chi connectivity index (χ1n) is 7.23. The predicted molar refractivity (Wildman–Crippen MR) is 82.5 cm³/mol. The minimum atomic E-state index is -0.628. The average molecular weight is 321 g/mol. The number of nitro benzene ring substituents is 1. The third-order valence-corrected chi connectivity index (χ3v) is 3.56. The standard InChI is InChI=1S/C14H16FN5O3/c15-9-5-11(16-3-4-21)14(20(22)23)12(6-9)17-13-7-10(18-19-13)8-1-2-8/h5-8,16,21H,1-4H2,(H2,17,18,19). The second-order valence-electron chi connectivity index (χ2n) is 5.36. The number of halogens is 1. The fourth-order valence-corrected chi connectivity index (χ4v) is 2.36. The number of aliphatic hydroxyl groups is 1. The van der Waals surface area contributed by atoms with E-state index in [0.29, 0.717) is 11.7 Å². The average Bonchev–Trinajstić information content (AvgIpc) is 3.25. The number of benzene rings is 1. The van der Waals surface area contributed by atoms with E-state index in [-0.39, 0.29) is 30.2 Å². The zero-order valence-electron chi connectivity index (χ0n) is 12.2. The summed E-state index contributed by atoms with van der Waals surface area (Å²) in [6.07, 6.45) is 2.19. The number of nitro groups is 1. The fraction of sp³-hybridized carbons (Fsp3) is 0.357. The maximum absolute atomic E-state index is 13.8. The van der Waals surface area contributed by atoms with Crippen molar-refractivity contribution in [3.63, 3.8) is 0 Å². The monoisotopic (exact) mass is 321 g/mol. The van der Waals surface area contributed by atoms with Crippen LogP contribution in [-0.2, 0) is 0 Å². The SMILES string of the molecule is O=[N+]([O-])c1c(NCCO)cc(F)cc1Nc1cc(C2CC2)[nH]n1. The van der Waals surface area contributed by atoms with E-state index < -0.39 is 10.7 Å². The molecule has 0 saturated heterocycles. The summed E-state index contributed by atoms with van der Waals surface area (Å²) in [7, 11) is 0. The van der Waals surface area contributed by atoms with Crippen LogP contribution in [0.5, 0.6) is 0 Å². The lowest BCUT2D eigenvalue weighted by Gasteiger charge is -2.10. The van der Waals surface area contributed by atoms with Crippen LogP contribution in [0.1, 0.15) is 24.5 Å². The number of aliphatic hydroxyl groups excluding tert-OH is 1. The topological polar surface area (TPSA) is 116 Å². The highest BCUT2D eigenvalue weighted by Gasteiger charge is 2.26. The van der Waals surface area contributed by atoms with Crippen LogP contribution < -0.4 is 10.6 Å². The fourth-order valence-electron chi connectivity index (χ4n) is 2.36. The molecule has 3 rings (SSSR count). The van der Waals surface area contributed by atoms with Gasteiger partial charge in [-0.25, -0.2) is 4.39 Å². The highest BCUT2D eigenvalue weighted by molar-refractivity contribution is 5.79. The molecule has 0 bridgehead atoms. The van der Waals surface area contributed by atoms with Gasteiger partial charge in [-0.3, -0.25) is 15.2 Å². The number of rotatable bonds is 7. The molecule has 23 heavy (non-hydrogen) atoms. The molecular weight excluding hydrogens is 305 g/mol. The van der Waals surface area contributed by atoms with Crippen molar-refractivity contribution in [1.82, 2.24) is 10.2 Å². The van der Waals surface area contributed by atoms with Gasteiger partial charge in [0.05, 0.1) is 11.5 Å². The van der Waals surface area contributed by atoms with Crippen molar-refractivity contribution in [2.45, 2.75) is 18.8 Å². The molecule has 0 unspecified atom stereocenters. The van der Waals surface area contributed by atoms with E-state index >= 15 is 0 Å². The van der Waals surface area contributed by atoms with Gasteiger partial charge in [0.15, 0.2) is 5.82 Å². The maximum Gasteiger partial charge on any atom is 0.315 e. The van der Waals surface area contributed by atoms with Gasteiger partial charge in [0.1, 0.15) is 17.2 Å². The lowest BCUT2D eigenvalue weighted by molar-refractivity contribution is -0.383. The number of anilines is 3. The van der Waals surface area contributed by atoms with Crippen molar-refractivity contribution in [2.75, 3.05) is 23.8 Å². The van der Waals surface area contributed by atoms with Crippen molar-refractivity contribution in [3.05, 3.63) is 39.8 Å². The molecule has 0 spiro atoms. The quantitative estimate of drug-likeness (QED) is 0.460. The molecule has 2 aromatic rings. The summed E-state index contributed by atoms with van der Waals surface area (Å²) >= 11 is 0. The van der Waals surface area contributed by atoms with Crippen LogP contribution in [0.25, 0.3) is 0 Å². The normalized spacial score (nSPS) is 13.8. The van der Waals surface area contributed by atoms with Crippen LogP contribution in [0.3, 0.4) is 0 Å². The van der Waals surface area contributed by atoms with E-state index in [2.05, 4.69) is 20.8 Å². The van der Waals surface area contributed by atoms with Crippen LogP contribution in [0.15, 0.2) is 18.2 Å². The molecule has 9 heteroatoms. The van der Waals surface area contributed by atoms with Crippen LogP contribution in [0.2, 0.25) is 0 Å². The Morgan fingerprint density at radius 1 is 1.39 bits per heavy atom. The molecule has 0 radical (unpaired) electrons. The Labute approximate surface area is 130 Å². The van der Waals surface area contributed by atoms with E-state index in [0.717, 1.165) is 30.7 Å². The Morgan fingerprint density at radius 3 is 2.78 bits per heavy atom. The molecule has 0 atom stereocenters. The van der Waals surface area contributed by atoms with Gasteiger partial charge in [0, 0.05) is 36.4 Å². The van der Waals surface area contributed by atoms with Gasteiger partial charge in [0.2, 0.25) is 0 Å². The Hall–Kier alpha value is -2.68. The summed E-state index contributed by atoms with van der Waals surface area (Å²) in [5, 5.41) is 32.5. The second-order valence-corrected chi connectivity index (χ2v) is 5.36. The van der Waals surface area contributed by atoms with Crippen LogP contribution in [-0.4, -0.2) is 33.4 Å². The molecule has 122 valence electrons. The van der Waals surface area contributed by atoms with Crippen LogP contribution in [0, 0.1) is 15.9 Å². The number of aromatic amines is 1. The molecule has 0 amide bonds. The minimum Gasteiger partial charge on any atom is -0.395 e. The largest absolute Gasteiger partial charge is 0.395 e. The molecule has 1 heterocycles. The molecule has 1 aromatic heterocycles. The molecule has 1 aliphatic rings. The smallest absolute Gasteiger partial charge is 0.315 e. The van der Waals surface area contributed by atoms with E-state index in [1.165, 1.54) is 0 Å². The van der Waals surface area contributed by atoms with E-state index in [1.807, 2.05) is 0 Å². The van der Waals surface area contributed by atoms with E-state index in [4.69, 9.17) is 5.11 Å². The molecule has 1 fully saturated rings. The minimum absolute atomic E-state index is 0.00397. The first-order chi connectivity index (χ1) is 11.1. The van der Waals surface area contributed by atoms with Gasteiger partial charge in [-0.15, -0.1) is 0 Å². The van der Waals surface area contributed by atoms with Gasteiger partial charge in [-0.2, -0.15) is 5.10 Å². The van der Waals surface area contributed by atoms with Crippen molar-refractivity contribution < 1.29 is 14.4 Å². The molecule has 1 aliphatic carbocycles. The summed E-state index contributed by atoms with van der Waals surface area (Å²) in [6, 6.07) is 3.85. The molecule has 1 saturated carbocycles. The Bertz CT molecular complexity index is 729. The third kappa shape index (κ3) is 3.39. The van der Waals surface area contributed by atoms with Crippen molar-refractivity contribution in [3.8, 4) is 0 Å². The number of hydrogen-bond donors (Lipinski definition) is 4. The van der Waals surface area contributed by atoms with Gasteiger partial charge in [-0.1, -0.05) is 0 Å². The van der Waals surface area contributed by atoms with E-state index in [9.17, 15) is 14.5 Å². The summed E-state index contributed by atoms with van der Waals surface area (Å²) in [5.74, 6) is 0.229.